The van der Waals surface area contributed by atoms with Crippen molar-refractivity contribution < 1.29 is 9.59 Å². The van der Waals surface area contributed by atoms with Gasteiger partial charge in [0, 0.05) is 17.7 Å². The number of urea groups is 1. The summed E-state index contributed by atoms with van der Waals surface area (Å²) in [6, 6.07) is 8.72. The van der Waals surface area contributed by atoms with Gasteiger partial charge in [-0.05, 0) is 37.5 Å². The minimum absolute atomic E-state index is 0.0336. The van der Waals surface area contributed by atoms with Gasteiger partial charge < -0.3 is 5.73 Å². The summed E-state index contributed by atoms with van der Waals surface area (Å²) in [6.45, 7) is 1.91. The maximum Gasteiger partial charge on any atom is 0.317 e. The highest BCUT2D eigenvalue weighted by molar-refractivity contribution is 5.82. The first-order valence-corrected chi connectivity index (χ1v) is 8.52. The second kappa shape index (κ2) is 6.30. The molecule has 4 rings (SSSR count). The number of hydrogen-bond donors (Lipinski definition) is 3. The van der Waals surface area contributed by atoms with Crippen molar-refractivity contribution in [1.82, 2.24) is 20.5 Å². The van der Waals surface area contributed by atoms with Crippen LogP contribution in [0.2, 0.25) is 0 Å². The average Bonchev–Trinajstić information content (AvgIpc) is 3.29. The Morgan fingerprint density at radius 3 is 2.65 bits per heavy atom. The van der Waals surface area contributed by atoms with Crippen LogP contribution >= 0.6 is 0 Å². The summed E-state index contributed by atoms with van der Waals surface area (Å²) in [4.78, 5) is 23.7. The summed E-state index contributed by atoms with van der Waals surface area (Å²) >= 11 is 0. The third kappa shape index (κ3) is 2.95. The van der Waals surface area contributed by atoms with Gasteiger partial charge in [0.2, 0.25) is 5.91 Å². The Balaban J connectivity index is 1.65. The number of benzene rings is 1. The van der Waals surface area contributed by atoms with Crippen LogP contribution in [0.25, 0.3) is 0 Å². The monoisotopic (exact) mass is 352 g/mol. The Kier molecular flexibility index (Phi) is 3.96. The lowest BCUT2D eigenvalue weighted by Crippen LogP contribution is -2.41. The largest absolute Gasteiger partial charge is 0.351 e. The Morgan fingerprint density at radius 2 is 2.00 bits per heavy atom. The molecule has 1 fully saturated rings. The van der Waals surface area contributed by atoms with E-state index in [4.69, 9.17) is 5.73 Å². The van der Waals surface area contributed by atoms with Gasteiger partial charge in [-0.1, -0.05) is 18.2 Å². The number of nitrogens with one attached hydrogen (secondary N) is 2. The molecule has 1 unspecified atom stereocenters. The molecule has 2 aromatic rings. The summed E-state index contributed by atoms with van der Waals surface area (Å²) in [7, 11) is 0. The van der Waals surface area contributed by atoms with Crippen LogP contribution in [0.4, 0.5) is 10.5 Å². The second-order valence-electron chi connectivity index (χ2n) is 6.58. The maximum atomic E-state index is 12.2. The number of aromatic nitrogens is 2. The van der Waals surface area contributed by atoms with E-state index in [2.05, 4.69) is 15.8 Å². The lowest BCUT2D eigenvalue weighted by Gasteiger charge is -2.23. The van der Waals surface area contributed by atoms with E-state index in [1.165, 1.54) is 4.68 Å². The number of amides is 2. The minimum atomic E-state index is -0.637. The van der Waals surface area contributed by atoms with Gasteiger partial charge in [0.15, 0.2) is 0 Å². The molecule has 2 aliphatic rings. The molecule has 1 aliphatic carbocycles. The van der Waals surface area contributed by atoms with Crippen LogP contribution in [0.3, 0.4) is 0 Å². The van der Waals surface area contributed by atoms with Crippen LogP contribution in [-0.2, 0) is 0 Å². The van der Waals surface area contributed by atoms with E-state index in [-0.39, 0.29) is 17.9 Å². The smallest absolute Gasteiger partial charge is 0.317 e. The van der Waals surface area contributed by atoms with Crippen molar-refractivity contribution >= 4 is 17.6 Å². The van der Waals surface area contributed by atoms with Crippen LogP contribution in [0.15, 0.2) is 54.1 Å². The molecule has 1 aromatic carbocycles. The number of nitrogens with zero attached hydrogens (tertiary/aromatic N) is 3. The van der Waals surface area contributed by atoms with Gasteiger partial charge in [-0.2, -0.15) is 5.10 Å². The van der Waals surface area contributed by atoms with Crippen molar-refractivity contribution in [3.8, 4) is 0 Å². The molecule has 1 aromatic heterocycles. The van der Waals surface area contributed by atoms with Crippen molar-refractivity contribution in [2.45, 2.75) is 25.8 Å². The fourth-order valence-electron chi connectivity index (χ4n) is 3.10. The molecule has 2 amide bonds. The van der Waals surface area contributed by atoms with Crippen molar-refractivity contribution in [3.05, 3.63) is 59.7 Å². The average molecular weight is 352 g/mol. The van der Waals surface area contributed by atoms with Gasteiger partial charge in [-0.25, -0.2) is 14.9 Å². The number of hydrazine groups is 1. The van der Waals surface area contributed by atoms with E-state index in [1.807, 2.05) is 37.3 Å². The number of primary amides is 1. The molecule has 1 saturated carbocycles. The van der Waals surface area contributed by atoms with E-state index < -0.39 is 6.03 Å². The lowest BCUT2D eigenvalue weighted by atomic mass is 10.1. The number of nitrogens with two attached hydrogens (primary N) is 1. The predicted octanol–water partition coefficient (Wildman–Crippen LogP) is 1.90. The van der Waals surface area contributed by atoms with E-state index in [0.717, 1.165) is 29.7 Å². The van der Waals surface area contributed by atoms with Crippen LogP contribution in [0, 0.1) is 5.92 Å². The number of anilines is 1. The molecule has 0 spiro atoms. The van der Waals surface area contributed by atoms with E-state index >= 15 is 0 Å². The molecule has 4 N–H and O–H groups in total. The first-order chi connectivity index (χ1) is 12.5. The number of carbonyl (C=O) groups excluding carboxylic acids is 2. The number of para-hydroxylation sites is 1. The highest BCUT2D eigenvalue weighted by Crippen LogP contribution is 2.34. The Hall–Kier alpha value is -3.13. The Labute approximate surface area is 150 Å². The fourth-order valence-corrected chi connectivity index (χ4v) is 3.10. The number of rotatable bonds is 4. The van der Waals surface area contributed by atoms with Crippen LogP contribution in [0.5, 0.6) is 0 Å². The predicted molar refractivity (Wildman–Crippen MR) is 95.8 cm³/mol. The molecule has 8 heteroatoms. The fraction of sp³-hybridized carbons (Fsp3) is 0.278. The third-order valence-electron chi connectivity index (χ3n) is 4.63. The SMILES string of the molecule is CC1=C(NC(N)=O)N(c2ccccc2)NC1c1cnn(C(=O)C2CC2)c1. The molecule has 1 aliphatic heterocycles. The molecular weight excluding hydrogens is 332 g/mol. The quantitative estimate of drug-likeness (QED) is 0.779. The molecule has 0 radical (unpaired) electrons. The third-order valence-corrected chi connectivity index (χ3v) is 4.63. The zero-order valence-corrected chi connectivity index (χ0v) is 14.3. The molecule has 0 bridgehead atoms. The summed E-state index contributed by atoms with van der Waals surface area (Å²) in [5.41, 5.74) is 11.3. The van der Waals surface area contributed by atoms with Gasteiger partial charge in [0.1, 0.15) is 5.82 Å². The standard InChI is InChI=1S/C18H20N6O2/c1-11-15(13-9-20-23(10-13)17(25)12-7-8-12)22-24(16(11)21-18(19)26)14-5-3-2-4-6-14/h2-6,9-10,12,15,22H,7-8H2,1H3,(H3,19,21,26). The molecule has 0 saturated heterocycles. The van der Waals surface area contributed by atoms with E-state index in [0.29, 0.717) is 5.82 Å². The molecule has 2 heterocycles. The summed E-state index contributed by atoms with van der Waals surface area (Å²) in [5, 5.41) is 8.68. The molecule has 1 atom stereocenters. The van der Waals surface area contributed by atoms with Gasteiger partial charge >= 0.3 is 6.03 Å². The Morgan fingerprint density at radius 1 is 1.27 bits per heavy atom. The van der Waals surface area contributed by atoms with Crippen molar-refractivity contribution in [1.29, 1.82) is 0 Å². The van der Waals surface area contributed by atoms with Crippen LogP contribution < -0.4 is 21.5 Å². The van der Waals surface area contributed by atoms with Crippen molar-refractivity contribution in [3.63, 3.8) is 0 Å². The van der Waals surface area contributed by atoms with Crippen LogP contribution in [-0.4, -0.2) is 21.7 Å². The van der Waals surface area contributed by atoms with Gasteiger partial charge in [0.05, 0.1) is 17.9 Å². The normalized spacial score (nSPS) is 19.7. The second-order valence-corrected chi connectivity index (χ2v) is 6.58. The highest BCUT2D eigenvalue weighted by Gasteiger charge is 2.34. The van der Waals surface area contributed by atoms with Gasteiger partial charge in [-0.15, -0.1) is 0 Å². The minimum Gasteiger partial charge on any atom is -0.351 e. The Bertz CT molecular complexity index is 884. The molecule has 8 nitrogen and oxygen atoms in total. The summed E-state index contributed by atoms with van der Waals surface area (Å²) < 4.78 is 1.41. The van der Waals surface area contributed by atoms with E-state index in [9.17, 15) is 9.59 Å². The van der Waals surface area contributed by atoms with Crippen molar-refractivity contribution in [2.75, 3.05) is 5.01 Å². The van der Waals surface area contributed by atoms with Gasteiger partial charge in [0.25, 0.3) is 0 Å². The lowest BCUT2D eigenvalue weighted by molar-refractivity contribution is 0.0870. The topological polar surface area (TPSA) is 105 Å². The number of carbonyl (C=O) groups is 2. The molecule has 26 heavy (non-hydrogen) atoms. The molecular formula is C18H20N6O2. The van der Waals surface area contributed by atoms with Gasteiger partial charge in [-0.3, -0.25) is 15.1 Å². The highest BCUT2D eigenvalue weighted by atomic mass is 16.2. The summed E-state index contributed by atoms with van der Waals surface area (Å²) in [5.74, 6) is 0.713. The maximum absolute atomic E-state index is 12.2. The van der Waals surface area contributed by atoms with E-state index in [1.54, 1.807) is 17.4 Å². The van der Waals surface area contributed by atoms with Crippen LogP contribution in [0.1, 0.15) is 36.2 Å². The zero-order valence-electron chi connectivity index (χ0n) is 14.3. The van der Waals surface area contributed by atoms with Crippen molar-refractivity contribution in [2.24, 2.45) is 11.7 Å². The number of hydrogen-bond acceptors (Lipinski definition) is 5. The summed E-state index contributed by atoms with van der Waals surface area (Å²) in [6.07, 6.45) is 5.29. The zero-order chi connectivity index (χ0) is 18.3. The first kappa shape index (κ1) is 16.3. The first-order valence-electron chi connectivity index (χ1n) is 8.52. The molecule has 134 valence electrons.